The molecule has 0 saturated heterocycles. The summed E-state index contributed by atoms with van der Waals surface area (Å²) in [5.41, 5.74) is 0.602. The van der Waals surface area contributed by atoms with Gasteiger partial charge in [0.05, 0.1) is 12.6 Å². The molecule has 1 atom stereocenters. The summed E-state index contributed by atoms with van der Waals surface area (Å²) in [6.07, 6.45) is 5.56. The van der Waals surface area contributed by atoms with Gasteiger partial charge < -0.3 is 9.64 Å². The van der Waals surface area contributed by atoms with Gasteiger partial charge in [-0.1, -0.05) is 13.0 Å². The number of benzene rings is 1. The Bertz CT molecular complexity index is 954. The lowest BCUT2D eigenvalue weighted by molar-refractivity contribution is 0.307. The fraction of sp³-hybridized carbons (Fsp3) is 0.263. The van der Waals surface area contributed by atoms with E-state index in [0.717, 1.165) is 6.07 Å². The first-order chi connectivity index (χ1) is 13.2. The average Bonchev–Trinajstić information content (AvgIpc) is 2.91. The van der Waals surface area contributed by atoms with Gasteiger partial charge in [0.25, 0.3) is 0 Å². The highest BCUT2D eigenvalue weighted by Crippen LogP contribution is 2.38. The van der Waals surface area contributed by atoms with Crippen molar-refractivity contribution in [1.29, 1.82) is 0 Å². The second-order valence-corrected chi connectivity index (χ2v) is 6.06. The predicted molar refractivity (Wildman–Crippen MR) is 95.3 cm³/mol. The van der Waals surface area contributed by atoms with Crippen LogP contribution in [0.15, 0.2) is 42.9 Å². The maximum atomic E-state index is 14.2. The zero-order valence-electron chi connectivity index (χ0n) is 14.6. The molecule has 0 saturated carbocycles. The third-order valence-electron chi connectivity index (χ3n) is 4.48. The van der Waals surface area contributed by atoms with E-state index in [1.165, 1.54) is 0 Å². The highest BCUT2D eigenvalue weighted by atomic mass is 19.2. The molecule has 0 N–H and O–H groups in total. The summed E-state index contributed by atoms with van der Waals surface area (Å²) in [7, 11) is 0. The van der Waals surface area contributed by atoms with E-state index in [9.17, 15) is 8.78 Å². The third-order valence-corrected chi connectivity index (χ3v) is 4.48. The van der Waals surface area contributed by atoms with Crippen molar-refractivity contribution in [2.45, 2.75) is 19.4 Å². The molecule has 6 nitrogen and oxygen atoms in total. The minimum Gasteiger partial charge on any atom is -0.488 e. The third kappa shape index (κ3) is 3.18. The Kier molecular flexibility index (Phi) is 4.62. The average molecular weight is 369 g/mol. The summed E-state index contributed by atoms with van der Waals surface area (Å²) in [4.78, 5) is 19.2. The van der Waals surface area contributed by atoms with Gasteiger partial charge in [0, 0.05) is 24.2 Å². The molecule has 0 bridgehead atoms. The number of hydrogen-bond donors (Lipinski definition) is 0. The molecular weight excluding hydrogens is 352 g/mol. The number of ether oxygens (including phenoxy) is 1. The van der Waals surface area contributed by atoms with E-state index in [2.05, 4.69) is 19.9 Å². The van der Waals surface area contributed by atoms with Crippen molar-refractivity contribution in [2.75, 3.05) is 18.1 Å². The predicted octanol–water partition coefficient (Wildman–Crippen LogP) is 3.56. The van der Waals surface area contributed by atoms with Gasteiger partial charge in [0.15, 0.2) is 23.2 Å². The van der Waals surface area contributed by atoms with Crippen molar-refractivity contribution in [3.63, 3.8) is 0 Å². The Morgan fingerprint density at radius 1 is 1.07 bits per heavy atom. The van der Waals surface area contributed by atoms with Crippen LogP contribution in [0.5, 0.6) is 5.75 Å². The molecule has 1 unspecified atom stereocenters. The molecule has 8 heteroatoms. The maximum absolute atomic E-state index is 14.2. The van der Waals surface area contributed by atoms with Crippen molar-refractivity contribution in [1.82, 2.24) is 19.9 Å². The monoisotopic (exact) mass is 369 g/mol. The zero-order chi connectivity index (χ0) is 18.8. The highest BCUT2D eigenvalue weighted by molar-refractivity contribution is 5.52. The van der Waals surface area contributed by atoms with Crippen LogP contribution in [0.2, 0.25) is 0 Å². The van der Waals surface area contributed by atoms with E-state index in [-0.39, 0.29) is 18.4 Å². The molecule has 1 aromatic carbocycles. The Balaban J connectivity index is 1.76. The standard InChI is InChI=1S/C19H17F2N5O/c1-2-14-12-4-5-13(20)16(21)17(12)27-11-10-26(14)15-6-9-24-19(25-15)18-22-7-3-8-23-18/h3-9,14H,2,10-11H2,1H3. The van der Waals surface area contributed by atoms with E-state index in [4.69, 9.17) is 4.74 Å². The Labute approximate surface area is 154 Å². The second kappa shape index (κ2) is 7.22. The fourth-order valence-electron chi connectivity index (χ4n) is 3.27. The van der Waals surface area contributed by atoms with Crippen molar-refractivity contribution in [3.8, 4) is 17.4 Å². The van der Waals surface area contributed by atoms with Crippen molar-refractivity contribution in [3.05, 3.63) is 60.1 Å². The van der Waals surface area contributed by atoms with Crippen LogP contribution in [-0.2, 0) is 0 Å². The number of nitrogens with zero attached hydrogens (tertiary/aromatic N) is 5. The van der Waals surface area contributed by atoms with E-state index in [0.29, 0.717) is 36.0 Å². The number of aromatic nitrogens is 4. The topological polar surface area (TPSA) is 64.0 Å². The first kappa shape index (κ1) is 17.3. The number of halogens is 2. The number of fused-ring (bicyclic) bond motifs is 1. The van der Waals surface area contributed by atoms with Crippen LogP contribution in [0.4, 0.5) is 14.6 Å². The van der Waals surface area contributed by atoms with Crippen LogP contribution in [0.1, 0.15) is 24.9 Å². The normalized spacial score (nSPS) is 16.4. The van der Waals surface area contributed by atoms with Crippen LogP contribution in [0.25, 0.3) is 11.6 Å². The van der Waals surface area contributed by atoms with Gasteiger partial charge in [0.1, 0.15) is 12.4 Å². The molecule has 4 rings (SSSR count). The van der Waals surface area contributed by atoms with Crippen LogP contribution in [-0.4, -0.2) is 33.1 Å². The molecule has 3 aromatic rings. The molecule has 138 valence electrons. The minimum atomic E-state index is -0.950. The Hall–Kier alpha value is -3.16. The van der Waals surface area contributed by atoms with Crippen LogP contribution in [0, 0.1) is 11.6 Å². The second-order valence-electron chi connectivity index (χ2n) is 6.06. The lowest BCUT2D eigenvalue weighted by Gasteiger charge is -2.30. The van der Waals surface area contributed by atoms with Crippen LogP contribution in [0.3, 0.4) is 0 Å². The van der Waals surface area contributed by atoms with E-state index >= 15 is 0 Å². The number of rotatable bonds is 3. The van der Waals surface area contributed by atoms with Crippen LogP contribution < -0.4 is 9.64 Å². The summed E-state index contributed by atoms with van der Waals surface area (Å²) in [6.45, 7) is 2.67. The first-order valence-electron chi connectivity index (χ1n) is 8.66. The summed E-state index contributed by atoms with van der Waals surface area (Å²) in [6, 6.07) is 5.99. The summed E-state index contributed by atoms with van der Waals surface area (Å²) in [5.74, 6) is -0.410. The lowest BCUT2D eigenvalue weighted by atomic mass is 10.0. The van der Waals surface area contributed by atoms with Crippen molar-refractivity contribution in [2.24, 2.45) is 0 Å². The molecule has 0 amide bonds. The molecule has 27 heavy (non-hydrogen) atoms. The molecule has 0 radical (unpaired) electrons. The Morgan fingerprint density at radius 3 is 2.63 bits per heavy atom. The quantitative estimate of drug-likeness (QED) is 0.703. The minimum absolute atomic E-state index is 0.0231. The highest BCUT2D eigenvalue weighted by Gasteiger charge is 2.29. The lowest BCUT2D eigenvalue weighted by Crippen LogP contribution is -2.31. The number of anilines is 1. The van der Waals surface area contributed by atoms with Gasteiger partial charge >= 0.3 is 0 Å². The van der Waals surface area contributed by atoms with E-state index in [1.54, 1.807) is 36.8 Å². The summed E-state index contributed by atoms with van der Waals surface area (Å²) < 4.78 is 33.4. The molecule has 1 aliphatic heterocycles. The van der Waals surface area contributed by atoms with Gasteiger partial charge in [-0.2, -0.15) is 4.39 Å². The van der Waals surface area contributed by atoms with Crippen molar-refractivity contribution < 1.29 is 13.5 Å². The SMILES string of the molecule is CCC1c2ccc(F)c(F)c2OCCN1c1ccnc(-c2ncccn2)n1. The summed E-state index contributed by atoms with van der Waals surface area (Å²) in [5, 5.41) is 0. The molecular formula is C19H17F2N5O. The summed E-state index contributed by atoms with van der Waals surface area (Å²) >= 11 is 0. The van der Waals surface area contributed by atoms with E-state index < -0.39 is 11.6 Å². The molecule has 3 heterocycles. The van der Waals surface area contributed by atoms with Gasteiger partial charge in [0.2, 0.25) is 5.82 Å². The fourth-order valence-corrected chi connectivity index (χ4v) is 3.27. The Morgan fingerprint density at radius 2 is 1.85 bits per heavy atom. The van der Waals surface area contributed by atoms with Gasteiger partial charge in [-0.15, -0.1) is 0 Å². The van der Waals surface area contributed by atoms with Crippen molar-refractivity contribution >= 4 is 5.82 Å². The van der Waals surface area contributed by atoms with Gasteiger partial charge in [-0.25, -0.2) is 24.3 Å². The molecule has 0 spiro atoms. The molecule has 2 aromatic heterocycles. The molecule has 0 fully saturated rings. The van der Waals surface area contributed by atoms with E-state index in [1.807, 2.05) is 11.8 Å². The van der Waals surface area contributed by atoms with Gasteiger partial charge in [-0.05, 0) is 24.6 Å². The zero-order valence-corrected chi connectivity index (χ0v) is 14.6. The van der Waals surface area contributed by atoms with Gasteiger partial charge in [-0.3, -0.25) is 0 Å². The maximum Gasteiger partial charge on any atom is 0.200 e. The number of hydrogen-bond acceptors (Lipinski definition) is 6. The van der Waals surface area contributed by atoms with Crippen LogP contribution >= 0.6 is 0 Å². The first-order valence-corrected chi connectivity index (χ1v) is 8.66. The molecule has 0 aliphatic carbocycles. The largest absolute Gasteiger partial charge is 0.488 e. The molecule has 1 aliphatic rings. The smallest absolute Gasteiger partial charge is 0.200 e.